The largest absolute Gasteiger partial charge is 0.481 e. The van der Waals surface area contributed by atoms with Gasteiger partial charge in [0.2, 0.25) is 5.88 Å². The van der Waals surface area contributed by atoms with Crippen molar-refractivity contribution in [2.24, 2.45) is 0 Å². The molecule has 0 unspecified atom stereocenters. The van der Waals surface area contributed by atoms with Gasteiger partial charge in [-0.2, -0.15) is 13.2 Å². The Labute approximate surface area is 123 Å². The summed E-state index contributed by atoms with van der Waals surface area (Å²) in [6.07, 6.45) is -3.46. The summed E-state index contributed by atoms with van der Waals surface area (Å²) >= 11 is 0. The summed E-state index contributed by atoms with van der Waals surface area (Å²) in [5, 5.41) is 13.1. The molecule has 0 aliphatic rings. The Balaban J connectivity index is 2.48. The lowest BCUT2D eigenvalue weighted by Crippen LogP contribution is -2.36. The molecule has 1 aromatic rings. The third-order valence-corrected chi connectivity index (χ3v) is 2.29. The summed E-state index contributed by atoms with van der Waals surface area (Å²) in [6, 6.07) is 2.29. The molecule has 7 nitrogen and oxygen atoms in total. The fourth-order valence-corrected chi connectivity index (χ4v) is 1.36. The lowest BCUT2D eigenvalue weighted by molar-refractivity contribution is -0.154. The molecule has 0 saturated heterocycles. The summed E-state index contributed by atoms with van der Waals surface area (Å²) in [5.74, 6) is -1.29. The zero-order chi connectivity index (χ0) is 16.6. The van der Waals surface area contributed by atoms with Crippen molar-refractivity contribution >= 4 is 12.0 Å². The highest BCUT2D eigenvalue weighted by atomic mass is 19.4. The van der Waals surface area contributed by atoms with E-state index < -0.39 is 24.8 Å². The highest BCUT2D eigenvalue weighted by molar-refractivity contribution is 5.75. The van der Waals surface area contributed by atoms with Crippen molar-refractivity contribution < 1.29 is 32.6 Å². The van der Waals surface area contributed by atoms with Crippen LogP contribution in [0.5, 0.6) is 5.88 Å². The van der Waals surface area contributed by atoms with E-state index in [0.717, 1.165) is 0 Å². The van der Waals surface area contributed by atoms with Crippen molar-refractivity contribution in [1.29, 1.82) is 0 Å². The van der Waals surface area contributed by atoms with E-state index >= 15 is 0 Å². The number of carboxylic acid groups (broad SMARTS) is 1. The molecular formula is C12H14F3N3O4. The number of ether oxygens (including phenoxy) is 1. The first-order valence-corrected chi connectivity index (χ1v) is 6.15. The van der Waals surface area contributed by atoms with Gasteiger partial charge in [0.25, 0.3) is 0 Å². The number of hydrogen-bond donors (Lipinski definition) is 3. The van der Waals surface area contributed by atoms with Crippen molar-refractivity contribution in [1.82, 2.24) is 15.6 Å². The standard InChI is InChI=1S/C12H14F3N3O4/c13-12(14,15)7-22-10-8(2-1-4-16-10)6-18-11(21)17-5-3-9(19)20/h1-2,4H,3,5-7H2,(H,19,20)(H2,17,18,21). The summed E-state index contributed by atoms with van der Waals surface area (Å²) in [6.45, 7) is -1.66. The number of carbonyl (C=O) groups is 2. The Kier molecular flexibility index (Phi) is 6.42. The molecule has 1 heterocycles. The van der Waals surface area contributed by atoms with Crippen LogP contribution in [0.25, 0.3) is 0 Å². The van der Waals surface area contributed by atoms with Gasteiger partial charge < -0.3 is 20.5 Å². The first kappa shape index (κ1) is 17.5. The number of urea groups is 1. The second-order valence-electron chi connectivity index (χ2n) is 4.12. The Bertz CT molecular complexity index is 523. The van der Waals surface area contributed by atoms with Crippen LogP contribution in [0.15, 0.2) is 18.3 Å². The van der Waals surface area contributed by atoms with Crippen molar-refractivity contribution in [3.8, 4) is 5.88 Å². The van der Waals surface area contributed by atoms with Crippen LogP contribution in [0, 0.1) is 0 Å². The van der Waals surface area contributed by atoms with Gasteiger partial charge in [-0.05, 0) is 6.07 Å². The van der Waals surface area contributed by atoms with Gasteiger partial charge in [0.05, 0.1) is 6.42 Å². The average molecular weight is 321 g/mol. The monoisotopic (exact) mass is 321 g/mol. The van der Waals surface area contributed by atoms with E-state index in [0.29, 0.717) is 0 Å². The number of aliphatic carboxylic acids is 1. The maximum absolute atomic E-state index is 12.1. The second-order valence-corrected chi connectivity index (χ2v) is 4.12. The predicted molar refractivity (Wildman–Crippen MR) is 68.3 cm³/mol. The van der Waals surface area contributed by atoms with E-state index in [1.165, 1.54) is 18.3 Å². The number of carbonyl (C=O) groups excluding carboxylic acids is 1. The highest BCUT2D eigenvalue weighted by Gasteiger charge is 2.29. The molecule has 0 radical (unpaired) electrons. The minimum absolute atomic E-state index is 0.0639. The molecule has 0 spiro atoms. The van der Waals surface area contributed by atoms with Crippen molar-refractivity contribution in [3.63, 3.8) is 0 Å². The zero-order valence-electron chi connectivity index (χ0n) is 11.3. The lowest BCUT2D eigenvalue weighted by atomic mass is 10.2. The fourth-order valence-electron chi connectivity index (χ4n) is 1.36. The number of nitrogens with one attached hydrogen (secondary N) is 2. The molecule has 0 aliphatic heterocycles. The molecule has 1 aromatic heterocycles. The average Bonchev–Trinajstić information content (AvgIpc) is 2.42. The number of amides is 2. The van der Waals surface area contributed by atoms with Crippen LogP contribution >= 0.6 is 0 Å². The van der Waals surface area contributed by atoms with Crippen LogP contribution < -0.4 is 15.4 Å². The molecule has 0 fully saturated rings. The maximum atomic E-state index is 12.1. The normalized spacial score (nSPS) is 10.9. The van der Waals surface area contributed by atoms with E-state index in [4.69, 9.17) is 5.11 Å². The van der Waals surface area contributed by atoms with Crippen LogP contribution in [0.3, 0.4) is 0 Å². The van der Waals surface area contributed by atoms with Gasteiger partial charge in [-0.15, -0.1) is 0 Å². The van der Waals surface area contributed by atoms with E-state index in [1.54, 1.807) is 0 Å². The summed E-state index contributed by atoms with van der Waals surface area (Å²) in [7, 11) is 0. The second kappa shape index (κ2) is 8.05. The van der Waals surface area contributed by atoms with Crippen LogP contribution in [-0.2, 0) is 11.3 Å². The summed E-state index contributed by atoms with van der Waals surface area (Å²) < 4.78 is 40.9. The molecule has 0 bridgehead atoms. The third kappa shape index (κ3) is 7.31. The molecule has 122 valence electrons. The molecule has 22 heavy (non-hydrogen) atoms. The SMILES string of the molecule is O=C(O)CCNC(=O)NCc1cccnc1OCC(F)(F)F. The number of alkyl halides is 3. The van der Waals surface area contributed by atoms with Gasteiger partial charge in [0.1, 0.15) is 0 Å². The van der Waals surface area contributed by atoms with E-state index in [9.17, 15) is 22.8 Å². The van der Waals surface area contributed by atoms with Crippen LogP contribution in [-0.4, -0.2) is 41.4 Å². The number of aromatic nitrogens is 1. The zero-order valence-corrected chi connectivity index (χ0v) is 11.3. The molecule has 3 N–H and O–H groups in total. The van der Waals surface area contributed by atoms with Crippen LogP contribution in [0.4, 0.5) is 18.0 Å². The van der Waals surface area contributed by atoms with Crippen molar-refractivity contribution in [3.05, 3.63) is 23.9 Å². The Morgan fingerprint density at radius 1 is 1.32 bits per heavy atom. The number of pyridine rings is 1. The minimum Gasteiger partial charge on any atom is -0.481 e. The Morgan fingerprint density at radius 2 is 2.05 bits per heavy atom. The Morgan fingerprint density at radius 3 is 2.68 bits per heavy atom. The van der Waals surface area contributed by atoms with E-state index in [2.05, 4.69) is 20.4 Å². The molecular weight excluding hydrogens is 307 g/mol. The van der Waals surface area contributed by atoms with Gasteiger partial charge >= 0.3 is 18.2 Å². The minimum atomic E-state index is -4.49. The Hall–Kier alpha value is -2.52. The predicted octanol–water partition coefficient (Wildman–Crippen LogP) is 1.30. The van der Waals surface area contributed by atoms with Crippen LogP contribution in [0.2, 0.25) is 0 Å². The quantitative estimate of drug-likeness (QED) is 0.703. The lowest BCUT2D eigenvalue weighted by Gasteiger charge is -2.12. The van der Waals surface area contributed by atoms with Crippen LogP contribution in [0.1, 0.15) is 12.0 Å². The smallest absolute Gasteiger partial charge is 0.422 e. The molecule has 0 saturated carbocycles. The molecule has 2 amide bonds. The molecule has 0 aromatic carbocycles. The first-order valence-electron chi connectivity index (χ1n) is 6.15. The number of rotatable bonds is 7. The fraction of sp³-hybridized carbons (Fsp3) is 0.417. The molecule has 0 atom stereocenters. The first-order chi connectivity index (χ1) is 10.3. The summed E-state index contributed by atoms with van der Waals surface area (Å²) in [5.41, 5.74) is 0.264. The number of halogens is 3. The van der Waals surface area contributed by atoms with Gasteiger partial charge in [-0.3, -0.25) is 4.79 Å². The van der Waals surface area contributed by atoms with Crippen molar-refractivity contribution in [2.75, 3.05) is 13.2 Å². The van der Waals surface area contributed by atoms with Gasteiger partial charge in [-0.1, -0.05) is 6.07 Å². The van der Waals surface area contributed by atoms with Gasteiger partial charge in [0.15, 0.2) is 6.61 Å². The molecule has 1 rings (SSSR count). The number of nitrogens with zero attached hydrogens (tertiary/aromatic N) is 1. The van der Waals surface area contributed by atoms with E-state index in [1.807, 2.05) is 0 Å². The summed E-state index contributed by atoms with van der Waals surface area (Å²) in [4.78, 5) is 25.3. The number of hydrogen-bond acceptors (Lipinski definition) is 4. The van der Waals surface area contributed by atoms with Crippen molar-refractivity contribution in [2.45, 2.75) is 19.1 Å². The molecule has 0 aliphatic carbocycles. The van der Waals surface area contributed by atoms with Gasteiger partial charge in [-0.25, -0.2) is 9.78 Å². The third-order valence-electron chi connectivity index (χ3n) is 2.29. The van der Waals surface area contributed by atoms with Gasteiger partial charge in [0, 0.05) is 24.8 Å². The van der Waals surface area contributed by atoms with E-state index in [-0.39, 0.29) is 31.0 Å². The topological polar surface area (TPSA) is 101 Å². The maximum Gasteiger partial charge on any atom is 0.422 e. The highest BCUT2D eigenvalue weighted by Crippen LogP contribution is 2.19. The number of carboxylic acids is 1. The molecule has 10 heteroatoms.